The fourth-order valence-corrected chi connectivity index (χ4v) is 2.67. The maximum absolute atomic E-state index is 13.2. The van der Waals surface area contributed by atoms with Gasteiger partial charge in [-0.15, -0.1) is 0 Å². The zero-order chi connectivity index (χ0) is 19.2. The summed E-state index contributed by atoms with van der Waals surface area (Å²) in [6.07, 6.45) is 0. The second kappa shape index (κ2) is 8.56. The molecule has 0 saturated carbocycles. The van der Waals surface area contributed by atoms with Crippen molar-refractivity contribution in [3.63, 3.8) is 0 Å². The van der Waals surface area contributed by atoms with Crippen molar-refractivity contribution in [1.82, 2.24) is 0 Å². The van der Waals surface area contributed by atoms with Crippen LogP contribution in [0.4, 0.5) is 10.1 Å². The SMILES string of the molecule is CCOc1ccc(Oc2ccccc2NC(=O)c2ccc(F)cc2Cl)cc1. The fraction of sp³-hybridized carbons (Fsp3) is 0.0952. The van der Waals surface area contributed by atoms with E-state index >= 15 is 0 Å². The van der Waals surface area contributed by atoms with Gasteiger partial charge >= 0.3 is 0 Å². The number of halogens is 2. The second-order valence-electron chi connectivity index (χ2n) is 5.58. The van der Waals surface area contributed by atoms with Crippen LogP contribution in [0.2, 0.25) is 5.02 Å². The van der Waals surface area contributed by atoms with Crippen LogP contribution in [-0.2, 0) is 0 Å². The normalized spacial score (nSPS) is 10.3. The first-order valence-corrected chi connectivity index (χ1v) is 8.70. The van der Waals surface area contributed by atoms with Crippen molar-refractivity contribution in [2.45, 2.75) is 6.92 Å². The monoisotopic (exact) mass is 385 g/mol. The van der Waals surface area contributed by atoms with Crippen LogP contribution in [0.5, 0.6) is 17.2 Å². The summed E-state index contributed by atoms with van der Waals surface area (Å²) in [5.41, 5.74) is 0.644. The Morgan fingerprint density at radius 3 is 2.44 bits per heavy atom. The Morgan fingerprint density at radius 2 is 1.74 bits per heavy atom. The number of amides is 1. The number of carbonyl (C=O) groups excluding carboxylic acids is 1. The van der Waals surface area contributed by atoms with Crippen molar-refractivity contribution in [2.75, 3.05) is 11.9 Å². The van der Waals surface area contributed by atoms with Crippen molar-refractivity contribution in [2.24, 2.45) is 0 Å². The van der Waals surface area contributed by atoms with E-state index < -0.39 is 11.7 Å². The third-order valence-electron chi connectivity index (χ3n) is 3.67. The van der Waals surface area contributed by atoms with Crippen LogP contribution < -0.4 is 14.8 Å². The number of hydrogen-bond donors (Lipinski definition) is 1. The first-order valence-electron chi connectivity index (χ1n) is 8.33. The molecule has 0 spiro atoms. The molecule has 0 atom stereocenters. The Hall–Kier alpha value is -3.05. The molecule has 0 aromatic heterocycles. The molecule has 0 heterocycles. The van der Waals surface area contributed by atoms with Crippen molar-refractivity contribution in [3.8, 4) is 17.2 Å². The molecule has 3 aromatic rings. The summed E-state index contributed by atoms with van der Waals surface area (Å²) in [5.74, 6) is 0.851. The molecule has 6 heteroatoms. The molecule has 0 bridgehead atoms. The van der Waals surface area contributed by atoms with E-state index in [1.165, 1.54) is 12.1 Å². The molecule has 0 aliphatic heterocycles. The summed E-state index contributed by atoms with van der Waals surface area (Å²) in [4.78, 5) is 12.5. The second-order valence-corrected chi connectivity index (χ2v) is 5.99. The van der Waals surface area contributed by atoms with Crippen molar-refractivity contribution < 1.29 is 18.7 Å². The summed E-state index contributed by atoms with van der Waals surface area (Å²) in [7, 11) is 0. The van der Waals surface area contributed by atoms with Gasteiger partial charge in [-0.3, -0.25) is 4.79 Å². The van der Waals surface area contributed by atoms with E-state index in [0.717, 1.165) is 11.8 Å². The molecular weight excluding hydrogens is 369 g/mol. The van der Waals surface area contributed by atoms with Gasteiger partial charge < -0.3 is 14.8 Å². The van der Waals surface area contributed by atoms with E-state index in [-0.39, 0.29) is 10.6 Å². The minimum absolute atomic E-state index is 0.0393. The number of benzene rings is 3. The van der Waals surface area contributed by atoms with E-state index in [1.807, 2.05) is 6.92 Å². The van der Waals surface area contributed by atoms with E-state index in [4.69, 9.17) is 21.1 Å². The van der Waals surface area contributed by atoms with Gasteiger partial charge in [0.1, 0.15) is 17.3 Å². The molecule has 138 valence electrons. The highest BCUT2D eigenvalue weighted by molar-refractivity contribution is 6.34. The minimum Gasteiger partial charge on any atom is -0.494 e. The third-order valence-corrected chi connectivity index (χ3v) is 3.99. The van der Waals surface area contributed by atoms with Crippen molar-refractivity contribution in [1.29, 1.82) is 0 Å². The van der Waals surface area contributed by atoms with Gasteiger partial charge in [-0.25, -0.2) is 4.39 Å². The average molecular weight is 386 g/mol. The highest BCUT2D eigenvalue weighted by atomic mass is 35.5. The average Bonchev–Trinajstić information content (AvgIpc) is 2.65. The maximum atomic E-state index is 13.2. The van der Waals surface area contributed by atoms with Gasteiger partial charge in [-0.1, -0.05) is 23.7 Å². The quantitative estimate of drug-likeness (QED) is 0.572. The molecule has 1 N–H and O–H groups in total. The smallest absolute Gasteiger partial charge is 0.257 e. The lowest BCUT2D eigenvalue weighted by Crippen LogP contribution is -2.13. The summed E-state index contributed by atoms with van der Waals surface area (Å²) < 4.78 is 24.4. The van der Waals surface area contributed by atoms with Crippen LogP contribution in [-0.4, -0.2) is 12.5 Å². The zero-order valence-electron chi connectivity index (χ0n) is 14.5. The Balaban J connectivity index is 1.78. The minimum atomic E-state index is -0.504. The van der Waals surface area contributed by atoms with Gasteiger partial charge in [-0.05, 0) is 61.5 Å². The van der Waals surface area contributed by atoms with Crippen LogP contribution in [0.1, 0.15) is 17.3 Å². The molecule has 0 saturated heterocycles. The summed E-state index contributed by atoms with van der Waals surface area (Å²) in [5, 5.41) is 2.78. The summed E-state index contributed by atoms with van der Waals surface area (Å²) in [6, 6.07) is 17.8. The van der Waals surface area contributed by atoms with Crippen LogP contribution in [0.25, 0.3) is 0 Å². The fourth-order valence-electron chi connectivity index (χ4n) is 2.42. The standard InChI is InChI=1S/C21H17ClFNO3/c1-2-26-15-8-10-16(11-9-15)27-20-6-4-3-5-19(20)24-21(25)17-12-7-14(23)13-18(17)22/h3-13H,2H2,1H3,(H,24,25). The molecular formula is C21H17ClFNO3. The molecule has 0 radical (unpaired) electrons. The highest BCUT2D eigenvalue weighted by Gasteiger charge is 2.14. The first kappa shape index (κ1) is 18.7. The van der Waals surface area contributed by atoms with Gasteiger partial charge in [0.2, 0.25) is 0 Å². The van der Waals surface area contributed by atoms with Crippen LogP contribution in [0.15, 0.2) is 66.7 Å². The molecule has 0 fully saturated rings. The summed E-state index contributed by atoms with van der Waals surface area (Å²) >= 11 is 5.96. The summed E-state index contributed by atoms with van der Waals surface area (Å²) in [6.45, 7) is 2.50. The van der Waals surface area contributed by atoms with Crippen molar-refractivity contribution >= 4 is 23.2 Å². The predicted octanol–water partition coefficient (Wildman–Crippen LogP) is 5.92. The molecule has 0 unspecified atom stereocenters. The van der Waals surface area contributed by atoms with E-state index in [1.54, 1.807) is 48.5 Å². The van der Waals surface area contributed by atoms with Gasteiger partial charge in [0.05, 0.1) is 22.9 Å². The lowest BCUT2D eigenvalue weighted by Gasteiger charge is -2.13. The van der Waals surface area contributed by atoms with Crippen LogP contribution >= 0.6 is 11.6 Å². The van der Waals surface area contributed by atoms with E-state index in [9.17, 15) is 9.18 Å². The number of hydrogen-bond acceptors (Lipinski definition) is 3. The lowest BCUT2D eigenvalue weighted by atomic mass is 10.2. The van der Waals surface area contributed by atoms with Crippen molar-refractivity contribution in [3.05, 3.63) is 83.1 Å². The molecule has 0 aliphatic rings. The predicted molar refractivity (Wildman–Crippen MR) is 103 cm³/mol. The Bertz CT molecular complexity index is 944. The van der Waals surface area contributed by atoms with Crippen LogP contribution in [0, 0.1) is 5.82 Å². The Labute approximate surface area is 161 Å². The van der Waals surface area contributed by atoms with Gasteiger partial charge in [0, 0.05) is 0 Å². The Morgan fingerprint density at radius 1 is 1.04 bits per heavy atom. The molecule has 0 aliphatic carbocycles. The number of para-hydroxylation sites is 2. The molecule has 4 nitrogen and oxygen atoms in total. The van der Waals surface area contributed by atoms with E-state index in [2.05, 4.69) is 5.32 Å². The number of ether oxygens (including phenoxy) is 2. The van der Waals surface area contributed by atoms with Gasteiger partial charge in [0.15, 0.2) is 5.75 Å². The largest absolute Gasteiger partial charge is 0.494 e. The maximum Gasteiger partial charge on any atom is 0.257 e. The zero-order valence-corrected chi connectivity index (χ0v) is 15.3. The number of nitrogens with one attached hydrogen (secondary N) is 1. The van der Waals surface area contributed by atoms with Gasteiger partial charge in [-0.2, -0.15) is 0 Å². The topological polar surface area (TPSA) is 47.6 Å². The number of rotatable bonds is 6. The van der Waals surface area contributed by atoms with E-state index in [0.29, 0.717) is 23.8 Å². The molecule has 1 amide bonds. The van der Waals surface area contributed by atoms with Crippen LogP contribution in [0.3, 0.4) is 0 Å². The molecule has 3 rings (SSSR count). The lowest BCUT2D eigenvalue weighted by molar-refractivity contribution is 0.102. The number of anilines is 1. The van der Waals surface area contributed by atoms with Gasteiger partial charge in [0.25, 0.3) is 5.91 Å². The first-order chi connectivity index (χ1) is 13.1. The molecule has 3 aromatic carbocycles. The number of carbonyl (C=O) groups is 1. The molecule has 27 heavy (non-hydrogen) atoms. The third kappa shape index (κ3) is 4.77. The Kier molecular flexibility index (Phi) is 5.94. The highest BCUT2D eigenvalue weighted by Crippen LogP contribution is 2.31.